The molecule has 186 valence electrons. The molecule has 1 saturated heterocycles. The fourth-order valence-electron chi connectivity index (χ4n) is 6.09. The van der Waals surface area contributed by atoms with Gasteiger partial charge in [-0.3, -0.25) is 14.4 Å². The average molecular weight is 486 g/mol. The highest BCUT2D eigenvalue weighted by molar-refractivity contribution is 7.85. The Balaban J connectivity index is 0.000000189. The molecule has 2 bridgehead atoms. The Hall–Kier alpha value is -1.78. The summed E-state index contributed by atoms with van der Waals surface area (Å²) in [6.07, 6.45) is 9.32. The highest BCUT2D eigenvalue weighted by Gasteiger charge is 2.57. The molecule has 1 aliphatic heterocycles. The number of hydrogen-bond acceptors (Lipinski definition) is 8. The van der Waals surface area contributed by atoms with Crippen molar-refractivity contribution in [1.29, 1.82) is 0 Å². The van der Waals surface area contributed by atoms with Gasteiger partial charge in [0, 0.05) is 20.0 Å². The number of carbonyl (C=O) groups is 3. The van der Waals surface area contributed by atoms with Crippen molar-refractivity contribution in [2.24, 2.45) is 35.5 Å². The first kappa shape index (κ1) is 25.8. The van der Waals surface area contributed by atoms with Gasteiger partial charge in [-0.2, -0.15) is 8.42 Å². The highest BCUT2D eigenvalue weighted by atomic mass is 32.2. The topological polar surface area (TPSA) is 116 Å². The van der Waals surface area contributed by atoms with Crippen LogP contribution in [0.4, 0.5) is 0 Å². The Morgan fingerprint density at radius 2 is 1.97 bits per heavy atom. The van der Waals surface area contributed by atoms with Crippen LogP contribution in [-0.4, -0.2) is 56.8 Å². The van der Waals surface area contributed by atoms with E-state index in [1.54, 1.807) is 7.11 Å². The predicted octanol–water partition coefficient (Wildman–Crippen LogP) is 2.47. The van der Waals surface area contributed by atoms with E-state index in [9.17, 15) is 22.8 Å². The van der Waals surface area contributed by atoms with E-state index < -0.39 is 33.8 Å². The van der Waals surface area contributed by atoms with Crippen LogP contribution in [0.2, 0.25) is 0 Å². The fourth-order valence-corrected chi connectivity index (χ4v) is 6.50. The largest absolute Gasteiger partial charge is 0.465 e. The molecule has 0 N–H and O–H groups in total. The van der Waals surface area contributed by atoms with Gasteiger partial charge in [0.05, 0.1) is 30.3 Å². The number of hydroxylamine groups is 2. The zero-order valence-corrected chi connectivity index (χ0v) is 20.8. The second-order valence-electron chi connectivity index (χ2n) is 9.66. The average Bonchev–Trinajstić information content (AvgIpc) is 3.38. The SMILES string of the molecule is CCC1C=CCC2C(=O)N(OS(C)(=O)=O)C(=O)C12.COC12CCC(C1)C(C)C2COC(C)=O. The molecular weight excluding hydrogens is 450 g/mol. The molecule has 9 nitrogen and oxygen atoms in total. The van der Waals surface area contributed by atoms with Gasteiger partial charge >= 0.3 is 5.97 Å². The zero-order valence-electron chi connectivity index (χ0n) is 20.0. The molecule has 1 heterocycles. The lowest BCUT2D eigenvalue weighted by atomic mass is 9.76. The third-order valence-electron chi connectivity index (χ3n) is 7.82. The first-order valence-electron chi connectivity index (χ1n) is 11.6. The van der Waals surface area contributed by atoms with Gasteiger partial charge in [-0.05, 0) is 49.9 Å². The van der Waals surface area contributed by atoms with E-state index in [0.29, 0.717) is 29.9 Å². The maximum absolute atomic E-state index is 12.1. The molecule has 0 aromatic carbocycles. The molecule has 7 unspecified atom stereocenters. The Morgan fingerprint density at radius 1 is 1.27 bits per heavy atom. The van der Waals surface area contributed by atoms with E-state index in [4.69, 9.17) is 9.47 Å². The molecule has 4 rings (SSSR count). The minimum absolute atomic E-state index is 0.000463. The number of carbonyl (C=O) groups excluding carboxylic acids is 3. The van der Waals surface area contributed by atoms with Crippen LogP contribution in [0.5, 0.6) is 0 Å². The number of allylic oxidation sites excluding steroid dienone is 2. The number of nitrogens with zero attached hydrogens (tertiary/aromatic N) is 1. The van der Waals surface area contributed by atoms with Crippen LogP contribution in [0.25, 0.3) is 0 Å². The molecule has 4 aliphatic rings. The van der Waals surface area contributed by atoms with Crippen molar-refractivity contribution in [1.82, 2.24) is 5.06 Å². The minimum Gasteiger partial charge on any atom is -0.465 e. The van der Waals surface area contributed by atoms with Gasteiger partial charge in [-0.1, -0.05) is 26.0 Å². The predicted molar refractivity (Wildman–Crippen MR) is 119 cm³/mol. The maximum Gasteiger partial charge on any atom is 0.302 e. The van der Waals surface area contributed by atoms with Crippen LogP contribution in [0, 0.1) is 35.5 Å². The van der Waals surface area contributed by atoms with Crippen molar-refractivity contribution in [3.05, 3.63) is 12.2 Å². The molecule has 0 radical (unpaired) electrons. The van der Waals surface area contributed by atoms with Crippen LogP contribution in [0.3, 0.4) is 0 Å². The van der Waals surface area contributed by atoms with E-state index in [2.05, 4.69) is 11.2 Å². The molecule has 3 fully saturated rings. The quantitative estimate of drug-likeness (QED) is 0.320. The third kappa shape index (κ3) is 5.17. The van der Waals surface area contributed by atoms with Gasteiger partial charge < -0.3 is 9.47 Å². The summed E-state index contributed by atoms with van der Waals surface area (Å²) >= 11 is 0. The fraction of sp³-hybridized carbons (Fsp3) is 0.783. The second-order valence-corrected chi connectivity index (χ2v) is 11.2. The molecule has 0 aromatic heterocycles. The highest BCUT2D eigenvalue weighted by Crippen LogP contribution is 2.56. The van der Waals surface area contributed by atoms with Crippen molar-refractivity contribution >= 4 is 27.9 Å². The summed E-state index contributed by atoms with van der Waals surface area (Å²) in [5.41, 5.74) is -0.000463. The van der Waals surface area contributed by atoms with E-state index in [0.717, 1.165) is 31.4 Å². The number of imide groups is 1. The van der Waals surface area contributed by atoms with E-state index in [1.165, 1.54) is 13.3 Å². The standard InChI is InChI=1S/C12H20O3.C11H15NO5S/c1-8-10-4-5-12(6-10,14-3)11(8)7-15-9(2)13;1-3-7-5-4-6-8-9(7)11(14)12(10(8)13)17-18(2,15)16/h8,10-11H,4-7H2,1-3H3;4-5,7-9H,3,6H2,1-2H3. The second kappa shape index (κ2) is 9.84. The first-order valence-corrected chi connectivity index (χ1v) is 13.4. The van der Waals surface area contributed by atoms with Gasteiger partial charge in [0.25, 0.3) is 21.9 Å². The van der Waals surface area contributed by atoms with Gasteiger partial charge in [0.1, 0.15) is 0 Å². The van der Waals surface area contributed by atoms with Crippen molar-refractivity contribution in [2.45, 2.75) is 58.5 Å². The molecule has 0 aromatic rings. The number of esters is 1. The number of fused-ring (bicyclic) bond motifs is 3. The van der Waals surface area contributed by atoms with Crippen molar-refractivity contribution in [2.75, 3.05) is 20.0 Å². The number of hydrogen-bond donors (Lipinski definition) is 0. The Labute approximate surface area is 195 Å². The zero-order chi connectivity index (χ0) is 24.6. The molecule has 33 heavy (non-hydrogen) atoms. The van der Waals surface area contributed by atoms with Gasteiger partial charge in [-0.25, -0.2) is 0 Å². The molecule has 0 spiro atoms. The third-order valence-corrected chi connectivity index (χ3v) is 8.24. The Bertz CT molecular complexity index is 915. The smallest absolute Gasteiger partial charge is 0.302 e. The summed E-state index contributed by atoms with van der Waals surface area (Å²) in [7, 11) is -2.08. The summed E-state index contributed by atoms with van der Waals surface area (Å²) < 4.78 is 37.5. The maximum atomic E-state index is 12.1. The van der Waals surface area contributed by atoms with Gasteiger partial charge in [-0.15, -0.1) is 9.35 Å². The molecular formula is C23H35NO8S. The van der Waals surface area contributed by atoms with E-state index >= 15 is 0 Å². The summed E-state index contributed by atoms with van der Waals surface area (Å²) in [6, 6.07) is 0. The Morgan fingerprint density at radius 3 is 2.55 bits per heavy atom. The summed E-state index contributed by atoms with van der Waals surface area (Å²) in [6.45, 7) is 6.19. The van der Waals surface area contributed by atoms with Crippen LogP contribution >= 0.6 is 0 Å². The molecule has 3 aliphatic carbocycles. The van der Waals surface area contributed by atoms with E-state index in [1.807, 2.05) is 19.1 Å². The summed E-state index contributed by atoms with van der Waals surface area (Å²) in [5, 5.41) is 0.417. The van der Waals surface area contributed by atoms with Crippen LogP contribution in [-0.2, 0) is 38.3 Å². The first-order chi connectivity index (χ1) is 15.4. The van der Waals surface area contributed by atoms with Crippen LogP contribution in [0.15, 0.2) is 12.2 Å². The summed E-state index contributed by atoms with van der Waals surface area (Å²) in [4.78, 5) is 34.9. The molecule has 10 heteroatoms. The van der Waals surface area contributed by atoms with Crippen molar-refractivity contribution in [3.8, 4) is 0 Å². The van der Waals surface area contributed by atoms with Gasteiger partial charge in [0.15, 0.2) is 0 Å². The van der Waals surface area contributed by atoms with E-state index in [-0.39, 0.29) is 17.5 Å². The lowest BCUT2D eigenvalue weighted by molar-refractivity contribution is -0.165. The van der Waals surface area contributed by atoms with Gasteiger partial charge in [0.2, 0.25) is 0 Å². The normalized spacial score (nSPS) is 37.1. The van der Waals surface area contributed by atoms with Crippen molar-refractivity contribution in [3.63, 3.8) is 0 Å². The monoisotopic (exact) mass is 485 g/mol. The number of ether oxygens (including phenoxy) is 2. The molecule has 2 amide bonds. The van der Waals surface area contributed by atoms with Crippen LogP contribution in [0.1, 0.15) is 52.9 Å². The number of methoxy groups -OCH3 is 1. The minimum atomic E-state index is -3.88. The summed E-state index contributed by atoms with van der Waals surface area (Å²) in [5.74, 6) is -0.522. The van der Waals surface area contributed by atoms with Crippen molar-refractivity contribution < 1.29 is 36.6 Å². The Kier molecular flexibility index (Phi) is 7.70. The lowest BCUT2D eigenvalue weighted by Gasteiger charge is -2.36. The number of amides is 2. The van der Waals surface area contributed by atoms with Crippen LogP contribution < -0.4 is 0 Å². The number of rotatable bonds is 6. The lowest BCUT2D eigenvalue weighted by Crippen LogP contribution is -2.40. The molecule has 7 atom stereocenters. The molecule has 2 saturated carbocycles.